The first-order valence-electron chi connectivity index (χ1n) is 4.79. The van der Waals surface area contributed by atoms with Crippen LogP contribution in [0.1, 0.15) is 12.8 Å². The number of alkyl halides is 1. The molecule has 0 unspecified atom stereocenters. The van der Waals surface area contributed by atoms with Crippen LogP contribution in [0.5, 0.6) is 0 Å². The summed E-state index contributed by atoms with van der Waals surface area (Å²) in [5, 5.41) is 0. The Bertz CT molecular complexity index is 303. The van der Waals surface area contributed by atoms with Crippen molar-refractivity contribution in [3.8, 4) is 0 Å². The Labute approximate surface area is 88.9 Å². The van der Waals surface area contributed by atoms with Crippen LogP contribution in [0.3, 0.4) is 0 Å². The van der Waals surface area contributed by atoms with Gasteiger partial charge in [-0.2, -0.15) is 0 Å². The first kappa shape index (κ1) is 9.74. The number of aromatic nitrogens is 1. The SMILES string of the molecule is N[C@]1(CCl)CCCN1c1cccnc1. The zero-order valence-corrected chi connectivity index (χ0v) is 8.74. The molecule has 2 N–H and O–H groups in total. The molecular weight excluding hydrogens is 198 g/mol. The first-order valence-corrected chi connectivity index (χ1v) is 5.32. The van der Waals surface area contributed by atoms with E-state index in [1.165, 1.54) is 0 Å². The average Bonchev–Trinajstić information content (AvgIpc) is 2.63. The van der Waals surface area contributed by atoms with E-state index < -0.39 is 0 Å². The summed E-state index contributed by atoms with van der Waals surface area (Å²) in [5.74, 6) is 0.460. The smallest absolute Gasteiger partial charge is 0.102 e. The number of nitrogens with zero attached hydrogens (tertiary/aromatic N) is 2. The van der Waals surface area contributed by atoms with E-state index in [1.807, 2.05) is 18.3 Å². The van der Waals surface area contributed by atoms with Crippen LogP contribution in [0.2, 0.25) is 0 Å². The molecule has 0 spiro atoms. The molecule has 1 aliphatic rings. The van der Waals surface area contributed by atoms with Crippen LogP contribution >= 0.6 is 11.6 Å². The fourth-order valence-electron chi connectivity index (χ4n) is 1.94. The van der Waals surface area contributed by atoms with Gasteiger partial charge in [-0.25, -0.2) is 0 Å². The molecule has 76 valence electrons. The van der Waals surface area contributed by atoms with E-state index in [-0.39, 0.29) is 5.66 Å². The molecule has 1 saturated heterocycles. The van der Waals surface area contributed by atoms with Gasteiger partial charge in [-0.05, 0) is 25.0 Å². The van der Waals surface area contributed by atoms with E-state index in [1.54, 1.807) is 6.20 Å². The van der Waals surface area contributed by atoms with Crippen molar-refractivity contribution in [3.63, 3.8) is 0 Å². The minimum absolute atomic E-state index is 0.384. The summed E-state index contributed by atoms with van der Waals surface area (Å²) < 4.78 is 0. The summed E-state index contributed by atoms with van der Waals surface area (Å²) in [7, 11) is 0. The topological polar surface area (TPSA) is 42.1 Å². The number of halogens is 1. The van der Waals surface area contributed by atoms with Gasteiger partial charge < -0.3 is 10.6 Å². The molecule has 1 aromatic rings. The highest BCUT2D eigenvalue weighted by molar-refractivity contribution is 6.18. The third-order valence-corrected chi connectivity index (χ3v) is 3.18. The number of hydrogen-bond acceptors (Lipinski definition) is 3. The lowest BCUT2D eigenvalue weighted by Gasteiger charge is -2.34. The van der Waals surface area contributed by atoms with Crippen LogP contribution in [-0.4, -0.2) is 23.1 Å². The maximum Gasteiger partial charge on any atom is 0.102 e. The van der Waals surface area contributed by atoms with Gasteiger partial charge in [-0.1, -0.05) is 0 Å². The van der Waals surface area contributed by atoms with Crippen LogP contribution in [0.4, 0.5) is 5.69 Å². The zero-order chi connectivity index (χ0) is 10.0. The monoisotopic (exact) mass is 211 g/mol. The summed E-state index contributed by atoms with van der Waals surface area (Å²) in [5.41, 5.74) is 6.88. The lowest BCUT2D eigenvalue weighted by atomic mass is 10.1. The molecule has 1 atom stereocenters. The van der Waals surface area contributed by atoms with Gasteiger partial charge in [-0.15, -0.1) is 11.6 Å². The number of anilines is 1. The van der Waals surface area contributed by atoms with Crippen LogP contribution in [-0.2, 0) is 0 Å². The third-order valence-electron chi connectivity index (χ3n) is 2.72. The molecule has 1 aromatic heterocycles. The summed E-state index contributed by atoms with van der Waals surface area (Å²) in [4.78, 5) is 6.23. The Hall–Kier alpha value is -0.800. The van der Waals surface area contributed by atoms with Crippen molar-refractivity contribution in [2.75, 3.05) is 17.3 Å². The van der Waals surface area contributed by atoms with E-state index in [0.29, 0.717) is 5.88 Å². The van der Waals surface area contributed by atoms with Gasteiger partial charge in [0.15, 0.2) is 0 Å². The van der Waals surface area contributed by atoms with Crippen molar-refractivity contribution in [2.45, 2.75) is 18.5 Å². The normalized spacial score (nSPS) is 26.9. The summed E-state index contributed by atoms with van der Waals surface area (Å²) in [6.07, 6.45) is 5.64. The molecule has 4 heteroatoms. The molecule has 0 saturated carbocycles. The highest BCUT2D eigenvalue weighted by Gasteiger charge is 2.36. The highest BCUT2D eigenvalue weighted by atomic mass is 35.5. The van der Waals surface area contributed by atoms with Gasteiger partial charge in [0.05, 0.1) is 17.8 Å². The molecule has 2 rings (SSSR count). The van der Waals surface area contributed by atoms with Gasteiger partial charge in [0.1, 0.15) is 5.66 Å². The quantitative estimate of drug-likeness (QED) is 0.756. The maximum atomic E-state index is 6.20. The summed E-state index contributed by atoms with van der Waals surface area (Å²) in [6, 6.07) is 3.94. The molecule has 3 nitrogen and oxygen atoms in total. The van der Waals surface area contributed by atoms with Crippen molar-refractivity contribution in [3.05, 3.63) is 24.5 Å². The van der Waals surface area contributed by atoms with E-state index in [4.69, 9.17) is 17.3 Å². The second-order valence-electron chi connectivity index (χ2n) is 3.70. The summed E-state index contributed by atoms with van der Waals surface area (Å²) >= 11 is 5.91. The molecule has 0 amide bonds. The van der Waals surface area contributed by atoms with E-state index in [0.717, 1.165) is 25.1 Å². The molecule has 0 bridgehead atoms. The van der Waals surface area contributed by atoms with Crippen molar-refractivity contribution >= 4 is 17.3 Å². The molecule has 1 aliphatic heterocycles. The van der Waals surface area contributed by atoms with Crippen molar-refractivity contribution in [1.82, 2.24) is 4.98 Å². The molecule has 0 radical (unpaired) electrons. The Morgan fingerprint density at radius 1 is 1.64 bits per heavy atom. The lowest BCUT2D eigenvalue weighted by molar-refractivity contribution is 0.495. The van der Waals surface area contributed by atoms with E-state index in [9.17, 15) is 0 Å². The maximum absolute atomic E-state index is 6.20. The van der Waals surface area contributed by atoms with Gasteiger partial charge >= 0.3 is 0 Å². The highest BCUT2D eigenvalue weighted by Crippen LogP contribution is 2.30. The average molecular weight is 212 g/mol. The summed E-state index contributed by atoms with van der Waals surface area (Å²) in [6.45, 7) is 0.967. The van der Waals surface area contributed by atoms with Gasteiger partial charge in [0.25, 0.3) is 0 Å². The number of pyridine rings is 1. The van der Waals surface area contributed by atoms with Crippen LogP contribution in [0, 0.1) is 0 Å². The number of rotatable bonds is 2. The van der Waals surface area contributed by atoms with Gasteiger partial charge in [0.2, 0.25) is 0 Å². The zero-order valence-electron chi connectivity index (χ0n) is 7.99. The first-order chi connectivity index (χ1) is 6.76. The Kier molecular flexibility index (Phi) is 2.61. The number of hydrogen-bond donors (Lipinski definition) is 1. The van der Waals surface area contributed by atoms with E-state index >= 15 is 0 Å². The fourth-order valence-corrected chi connectivity index (χ4v) is 2.22. The van der Waals surface area contributed by atoms with Crippen LogP contribution in [0.15, 0.2) is 24.5 Å². The predicted molar refractivity (Wildman–Crippen MR) is 58.5 cm³/mol. The van der Waals surface area contributed by atoms with Gasteiger partial charge in [0, 0.05) is 12.7 Å². The third kappa shape index (κ3) is 1.57. The van der Waals surface area contributed by atoms with Crippen LogP contribution in [0.25, 0.3) is 0 Å². The Morgan fingerprint density at radius 3 is 3.14 bits per heavy atom. The Balaban J connectivity index is 2.26. The molecule has 0 aromatic carbocycles. The molecular formula is C10H14ClN3. The van der Waals surface area contributed by atoms with Crippen molar-refractivity contribution in [1.29, 1.82) is 0 Å². The molecule has 14 heavy (non-hydrogen) atoms. The van der Waals surface area contributed by atoms with Crippen molar-refractivity contribution in [2.24, 2.45) is 5.73 Å². The van der Waals surface area contributed by atoms with Crippen molar-refractivity contribution < 1.29 is 0 Å². The number of nitrogens with two attached hydrogens (primary N) is 1. The minimum atomic E-state index is -0.384. The van der Waals surface area contributed by atoms with Gasteiger partial charge in [-0.3, -0.25) is 4.98 Å². The van der Waals surface area contributed by atoms with Crippen LogP contribution < -0.4 is 10.6 Å². The lowest BCUT2D eigenvalue weighted by Crippen LogP contribution is -2.53. The van der Waals surface area contributed by atoms with E-state index in [2.05, 4.69) is 9.88 Å². The molecule has 1 fully saturated rings. The second-order valence-corrected chi connectivity index (χ2v) is 3.97. The molecule has 0 aliphatic carbocycles. The fraction of sp³-hybridized carbons (Fsp3) is 0.500. The predicted octanol–water partition coefficient (Wildman–Crippen LogP) is 1.58. The second kappa shape index (κ2) is 3.75. The molecule has 2 heterocycles. The largest absolute Gasteiger partial charge is 0.351 e. The standard InChI is InChI=1S/C10H14ClN3/c11-8-10(12)4-2-6-14(10)9-3-1-5-13-7-9/h1,3,5,7H,2,4,6,8,12H2/t10-/m1/s1. The Morgan fingerprint density at radius 2 is 2.50 bits per heavy atom. The minimum Gasteiger partial charge on any atom is -0.351 e.